The highest BCUT2D eigenvalue weighted by Gasteiger charge is 2.55. The number of carbonyl (C=O) groups excluding carboxylic acids is 3. The van der Waals surface area contributed by atoms with Crippen molar-refractivity contribution in [2.24, 2.45) is 5.92 Å². The first-order valence-electron chi connectivity index (χ1n) is 11.3. The fraction of sp³-hybridized carbons (Fsp3) is 0.400. The summed E-state index contributed by atoms with van der Waals surface area (Å²) >= 11 is 0. The van der Waals surface area contributed by atoms with E-state index in [0.29, 0.717) is 31.5 Å². The van der Waals surface area contributed by atoms with Gasteiger partial charge in [-0.15, -0.1) is 0 Å². The van der Waals surface area contributed by atoms with Crippen molar-refractivity contribution in [1.29, 1.82) is 0 Å². The fourth-order valence-electron chi connectivity index (χ4n) is 4.85. The van der Waals surface area contributed by atoms with E-state index in [1.54, 1.807) is 17.0 Å². The largest absolute Gasteiger partial charge is 0.383 e. The third kappa shape index (κ3) is 4.65. The van der Waals surface area contributed by atoms with Crippen molar-refractivity contribution in [3.05, 3.63) is 71.3 Å². The lowest BCUT2D eigenvalue weighted by molar-refractivity contribution is -0.134. The number of ether oxygens (including phenoxy) is 1. The number of nitrogens with one attached hydrogen (secondary N) is 1. The Morgan fingerprint density at radius 1 is 1.03 bits per heavy atom. The summed E-state index contributed by atoms with van der Waals surface area (Å²) in [5.41, 5.74) is -0.0569. The van der Waals surface area contributed by atoms with Crippen molar-refractivity contribution in [2.75, 3.05) is 33.4 Å². The zero-order chi connectivity index (χ0) is 24.3. The minimum atomic E-state index is -1.19. The van der Waals surface area contributed by atoms with E-state index >= 15 is 0 Å². The number of nitrogens with zero attached hydrogens (tertiary/aromatic N) is 2. The van der Waals surface area contributed by atoms with Gasteiger partial charge < -0.3 is 15.0 Å². The molecule has 0 aromatic heterocycles. The Labute approximate surface area is 196 Å². The normalized spacial score (nSPS) is 21.1. The molecule has 2 heterocycles. The van der Waals surface area contributed by atoms with Crippen LogP contribution in [-0.4, -0.2) is 66.5 Å². The molecule has 0 spiro atoms. The van der Waals surface area contributed by atoms with Crippen molar-refractivity contribution in [3.63, 3.8) is 0 Å². The van der Waals surface area contributed by atoms with E-state index in [4.69, 9.17) is 4.74 Å². The monoisotopic (exact) mass is 471 g/mol. The van der Waals surface area contributed by atoms with Crippen LogP contribution >= 0.6 is 0 Å². The van der Waals surface area contributed by atoms with Gasteiger partial charge >= 0.3 is 6.03 Å². The van der Waals surface area contributed by atoms with Crippen LogP contribution in [0.1, 0.15) is 28.8 Å². The molecule has 0 bridgehead atoms. The molecular weight excluding hydrogens is 444 g/mol. The molecule has 1 unspecified atom stereocenters. The van der Waals surface area contributed by atoms with Crippen molar-refractivity contribution in [1.82, 2.24) is 15.1 Å². The number of hydrogen-bond donors (Lipinski definition) is 1. The van der Waals surface area contributed by atoms with Gasteiger partial charge in [0.05, 0.1) is 13.2 Å². The molecule has 0 aliphatic carbocycles. The van der Waals surface area contributed by atoms with E-state index in [0.717, 1.165) is 5.56 Å². The van der Waals surface area contributed by atoms with E-state index in [2.05, 4.69) is 5.32 Å². The minimum Gasteiger partial charge on any atom is -0.383 e. The number of carbonyl (C=O) groups is 3. The Morgan fingerprint density at radius 3 is 2.21 bits per heavy atom. The molecule has 1 N–H and O–H groups in total. The molecule has 4 rings (SSSR count). The van der Waals surface area contributed by atoms with Crippen LogP contribution in [0, 0.1) is 17.6 Å². The summed E-state index contributed by atoms with van der Waals surface area (Å²) in [6.07, 6.45) is 1.22. The van der Waals surface area contributed by atoms with Gasteiger partial charge in [0.1, 0.15) is 17.2 Å². The summed E-state index contributed by atoms with van der Waals surface area (Å²) in [6.45, 7) is 1.14. The molecular formula is C25H27F2N3O4. The van der Waals surface area contributed by atoms with Crippen LogP contribution in [0.4, 0.5) is 13.6 Å². The number of rotatable bonds is 7. The molecule has 0 saturated carbocycles. The standard InChI is InChI=1S/C25H27F2N3O4/c1-34-15-14-30-23(32)25(28-24(30)33,16-17-2-6-20(26)7-3-17)19-10-12-29(13-11-19)22(31)18-4-8-21(27)9-5-18/h2-9,19H,10-16H2,1H3,(H,28,33). The second-order valence-corrected chi connectivity index (χ2v) is 8.73. The van der Waals surface area contributed by atoms with Gasteiger partial charge in [0.2, 0.25) is 0 Å². The maximum atomic E-state index is 13.6. The molecule has 2 aromatic rings. The van der Waals surface area contributed by atoms with Gasteiger partial charge in [-0.3, -0.25) is 14.5 Å². The quantitative estimate of drug-likeness (QED) is 0.630. The van der Waals surface area contributed by atoms with Crippen LogP contribution in [0.3, 0.4) is 0 Å². The third-order valence-corrected chi connectivity index (χ3v) is 6.69. The second kappa shape index (κ2) is 9.89. The Bertz CT molecular complexity index is 1050. The molecule has 2 aliphatic heterocycles. The highest BCUT2D eigenvalue weighted by molar-refractivity contribution is 6.07. The Morgan fingerprint density at radius 2 is 1.62 bits per heavy atom. The molecule has 2 saturated heterocycles. The van der Waals surface area contributed by atoms with E-state index < -0.39 is 17.4 Å². The number of methoxy groups -OCH3 is 1. The summed E-state index contributed by atoms with van der Waals surface area (Å²) in [4.78, 5) is 42.0. The summed E-state index contributed by atoms with van der Waals surface area (Å²) in [7, 11) is 1.50. The highest BCUT2D eigenvalue weighted by Crippen LogP contribution is 2.37. The number of amides is 4. The van der Waals surface area contributed by atoms with Crippen molar-refractivity contribution in [2.45, 2.75) is 24.8 Å². The lowest BCUT2D eigenvalue weighted by Crippen LogP contribution is -2.58. The molecule has 2 fully saturated rings. The maximum absolute atomic E-state index is 13.6. The summed E-state index contributed by atoms with van der Waals surface area (Å²) < 4.78 is 31.7. The summed E-state index contributed by atoms with van der Waals surface area (Å²) in [5, 5.41) is 2.93. The van der Waals surface area contributed by atoms with Gasteiger partial charge in [-0.1, -0.05) is 12.1 Å². The van der Waals surface area contributed by atoms with Gasteiger partial charge in [0.25, 0.3) is 11.8 Å². The molecule has 180 valence electrons. The van der Waals surface area contributed by atoms with Crippen molar-refractivity contribution >= 4 is 17.8 Å². The van der Waals surface area contributed by atoms with Crippen LogP contribution < -0.4 is 5.32 Å². The average molecular weight is 472 g/mol. The fourth-order valence-corrected chi connectivity index (χ4v) is 4.85. The number of likely N-dealkylation sites (tertiary alicyclic amines) is 1. The van der Waals surface area contributed by atoms with Crippen LogP contribution in [0.5, 0.6) is 0 Å². The first kappa shape index (κ1) is 23.8. The summed E-state index contributed by atoms with van der Waals surface area (Å²) in [5.74, 6) is -1.55. The number of halogens is 2. The molecule has 7 nitrogen and oxygen atoms in total. The van der Waals surface area contributed by atoms with E-state index in [-0.39, 0.29) is 43.1 Å². The topological polar surface area (TPSA) is 79.0 Å². The lowest BCUT2D eigenvalue weighted by atomic mass is 9.74. The van der Waals surface area contributed by atoms with Crippen LogP contribution in [0.15, 0.2) is 48.5 Å². The Kier molecular flexibility index (Phi) is 6.92. The number of benzene rings is 2. The van der Waals surface area contributed by atoms with E-state index in [1.165, 1.54) is 48.4 Å². The van der Waals surface area contributed by atoms with E-state index in [9.17, 15) is 23.2 Å². The third-order valence-electron chi connectivity index (χ3n) is 6.69. The average Bonchev–Trinajstić information content (AvgIpc) is 3.08. The SMILES string of the molecule is COCCN1C(=O)NC(Cc2ccc(F)cc2)(C2CCN(C(=O)c3ccc(F)cc3)CC2)C1=O. The first-order chi connectivity index (χ1) is 16.3. The lowest BCUT2D eigenvalue weighted by Gasteiger charge is -2.41. The van der Waals surface area contributed by atoms with Crippen LogP contribution in [0.2, 0.25) is 0 Å². The molecule has 34 heavy (non-hydrogen) atoms. The smallest absolute Gasteiger partial charge is 0.325 e. The molecule has 4 amide bonds. The Hall–Kier alpha value is -3.33. The minimum absolute atomic E-state index is 0.133. The number of hydrogen-bond acceptors (Lipinski definition) is 4. The molecule has 9 heteroatoms. The van der Waals surface area contributed by atoms with Gasteiger partial charge in [-0.25, -0.2) is 13.6 Å². The van der Waals surface area contributed by atoms with Crippen LogP contribution in [-0.2, 0) is 16.0 Å². The summed E-state index contributed by atoms with van der Waals surface area (Å²) in [6, 6.07) is 10.8. The number of piperidine rings is 1. The number of urea groups is 1. The van der Waals surface area contributed by atoms with Gasteiger partial charge in [-0.05, 0) is 60.7 Å². The zero-order valence-corrected chi connectivity index (χ0v) is 18.9. The van der Waals surface area contributed by atoms with Gasteiger partial charge in [0.15, 0.2) is 0 Å². The van der Waals surface area contributed by atoms with Gasteiger partial charge in [-0.2, -0.15) is 0 Å². The zero-order valence-electron chi connectivity index (χ0n) is 18.9. The van der Waals surface area contributed by atoms with Crippen molar-refractivity contribution < 1.29 is 27.9 Å². The van der Waals surface area contributed by atoms with E-state index in [1.807, 2.05) is 0 Å². The molecule has 1 atom stereocenters. The number of imide groups is 1. The van der Waals surface area contributed by atoms with Gasteiger partial charge in [0, 0.05) is 32.2 Å². The first-order valence-corrected chi connectivity index (χ1v) is 11.3. The molecule has 2 aromatic carbocycles. The molecule has 2 aliphatic rings. The van der Waals surface area contributed by atoms with Crippen molar-refractivity contribution in [3.8, 4) is 0 Å². The Balaban J connectivity index is 1.54. The molecule has 0 radical (unpaired) electrons. The highest BCUT2D eigenvalue weighted by atomic mass is 19.1. The second-order valence-electron chi connectivity index (χ2n) is 8.73. The predicted octanol–water partition coefficient (Wildman–Crippen LogP) is 3.00. The predicted molar refractivity (Wildman–Crippen MR) is 120 cm³/mol. The van der Waals surface area contributed by atoms with Crippen LogP contribution in [0.25, 0.3) is 0 Å². The maximum Gasteiger partial charge on any atom is 0.325 e.